The van der Waals surface area contributed by atoms with Gasteiger partial charge in [-0.05, 0) is 19.4 Å². The lowest BCUT2D eigenvalue weighted by Crippen LogP contribution is -2.53. The van der Waals surface area contributed by atoms with Gasteiger partial charge in [0.25, 0.3) is 0 Å². The van der Waals surface area contributed by atoms with Gasteiger partial charge in [0.2, 0.25) is 5.91 Å². The number of aromatic nitrogens is 2. The molecule has 2 aliphatic heterocycles. The number of hydrogen-bond donors (Lipinski definition) is 3. The first-order chi connectivity index (χ1) is 9.16. The van der Waals surface area contributed by atoms with Crippen molar-refractivity contribution in [2.75, 3.05) is 6.54 Å². The molecule has 102 valence electrons. The lowest BCUT2D eigenvalue weighted by atomic mass is 10.0. The Morgan fingerprint density at radius 3 is 3.00 bits per heavy atom. The van der Waals surface area contributed by atoms with Crippen LogP contribution in [0.15, 0.2) is 6.33 Å². The van der Waals surface area contributed by atoms with E-state index in [0.29, 0.717) is 6.54 Å². The molecule has 1 aromatic rings. The number of carboxylic acid groups (broad SMARTS) is 1. The average molecular weight is 264 g/mol. The number of imidazole rings is 1. The lowest BCUT2D eigenvalue weighted by molar-refractivity contribution is -0.152. The number of aliphatic carboxylic acids is 1. The van der Waals surface area contributed by atoms with Crippen molar-refractivity contribution < 1.29 is 14.7 Å². The number of carbonyl (C=O) groups is 2. The van der Waals surface area contributed by atoms with Gasteiger partial charge >= 0.3 is 5.97 Å². The standard InChI is InChI=1S/C12H16N4O3/c17-11(7-2-1-3-13-7)16-5-9-8(14-6-15-9)4-10(16)12(18)19/h6-7,10,13H,1-5H2,(H,14,15)(H,18,19)/t7-,10?/m0/s1. The van der Waals surface area contributed by atoms with Gasteiger partial charge in [-0.1, -0.05) is 0 Å². The number of amides is 1. The Hall–Kier alpha value is -1.89. The maximum atomic E-state index is 12.4. The molecule has 0 aliphatic carbocycles. The van der Waals surface area contributed by atoms with Gasteiger partial charge in [-0.3, -0.25) is 4.79 Å². The van der Waals surface area contributed by atoms with Gasteiger partial charge in [0.05, 0.1) is 30.3 Å². The van der Waals surface area contributed by atoms with E-state index in [4.69, 9.17) is 0 Å². The monoisotopic (exact) mass is 264 g/mol. The van der Waals surface area contributed by atoms with Crippen molar-refractivity contribution >= 4 is 11.9 Å². The van der Waals surface area contributed by atoms with Gasteiger partial charge in [-0.25, -0.2) is 9.78 Å². The summed E-state index contributed by atoms with van der Waals surface area (Å²) in [7, 11) is 0. The molecule has 7 heteroatoms. The molecule has 0 spiro atoms. The Morgan fingerprint density at radius 2 is 2.32 bits per heavy atom. The zero-order valence-corrected chi connectivity index (χ0v) is 10.4. The smallest absolute Gasteiger partial charge is 0.326 e. The van der Waals surface area contributed by atoms with Crippen molar-refractivity contribution in [1.82, 2.24) is 20.2 Å². The summed E-state index contributed by atoms with van der Waals surface area (Å²) in [4.78, 5) is 32.3. The molecule has 1 amide bonds. The third kappa shape index (κ3) is 2.10. The summed E-state index contributed by atoms with van der Waals surface area (Å²) in [6, 6.07) is -1.06. The van der Waals surface area contributed by atoms with Crippen molar-refractivity contribution in [2.45, 2.75) is 37.9 Å². The third-order valence-corrected chi connectivity index (χ3v) is 3.83. The molecule has 2 aliphatic rings. The third-order valence-electron chi connectivity index (χ3n) is 3.83. The Labute approximate surface area is 110 Å². The Kier molecular flexibility index (Phi) is 2.98. The second-order valence-electron chi connectivity index (χ2n) is 5.00. The second kappa shape index (κ2) is 4.65. The molecule has 1 fully saturated rings. The van der Waals surface area contributed by atoms with E-state index in [1.54, 1.807) is 6.33 Å². The van der Waals surface area contributed by atoms with E-state index in [2.05, 4.69) is 15.3 Å². The van der Waals surface area contributed by atoms with Crippen LogP contribution in [-0.2, 0) is 22.6 Å². The van der Waals surface area contributed by atoms with Crippen LogP contribution in [0.5, 0.6) is 0 Å². The zero-order valence-electron chi connectivity index (χ0n) is 10.4. The van der Waals surface area contributed by atoms with Crippen molar-refractivity contribution in [3.63, 3.8) is 0 Å². The van der Waals surface area contributed by atoms with Crippen LogP contribution in [-0.4, -0.2) is 50.5 Å². The summed E-state index contributed by atoms with van der Waals surface area (Å²) < 4.78 is 0. The highest BCUT2D eigenvalue weighted by Crippen LogP contribution is 2.23. The molecular weight excluding hydrogens is 248 g/mol. The van der Waals surface area contributed by atoms with E-state index in [1.165, 1.54) is 4.90 Å². The van der Waals surface area contributed by atoms with Crippen molar-refractivity contribution in [3.8, 4) is 0 Å². The van der Waals surface area contributed by atoms with Crippen LogP contribution in [0.25, 0.3) is 0 Å². The molecule has 1 unspecified atom stereocenters. The van der Waals surface area contributed by atoms with Gasteiger partial charge < -0.3 is 20.3 Å². The summed E-state index contributed by atoms with van der Waals surface area (Å²) in [6.07, 6.45) is 3.55. The normalized spacial score (nSPS) is 26.2. The van der Waals surface area contributed by atoms with Crippen LogP contribution in [0, 0.1) is 0 Å². The number of nitrogens with one attached hydrogen (secondary N) is 2. The molecule has 0 bridgehead atoms. The van der Waals surface area contributed by atoms with Crippen molar-refractivity contribution in [3.05, 3.63) is 17.7 Å². The molecule has 0 aromatic carbocycles. The summed E-state index contributed by atoms with van der Waals surface area (Å²) in [5, 5.41) is 12.4. The van der Waals surface area contributed by atoms with E-state index in [0.717, 1.165) is 30.8 Å². The molecule has 1 saturated heterocycles. The van der Waals surface area contributed by atoms with Gasteiger partial charge in [-0.2, -0.15) is 0 Å². The van der Waals surface area contributed by atoms with Crippen LogP contribution >= 0.6 is 0 Å². The number of hydrogen-bond acceptors (Lipinski definition) is 4. The number of H-pyrrole nitrogens is 1. The fourth-order valence-electron chi connectivity index (χ4n) is 2.78. The Morgan fingerprint density at radius 1 is 1.47 bits per heavy atom. The number of carbonyl (C=O) groups excluding carboxylic acids is 1. The molecule has 3 rings (SSSR count). The first-order valence-electron chi connectivity index (χ1n) is 6.44. The molecule has 2 atom stereocenters. The maximum Gasteiger partial charge on any atom is 0.326 e. The van der Waals surface area contributed by atoms with Crippen molar-refractivity contribution in [1.29, 1.82) is 0 Å². The highest BCUT2D eigenvalue weighted by atomic mass is 16.4. The molecule has 0 saturated carbocycles. The number of fused-ring (bicyclic) bond motifs is 1. The van der Waals surface area contributed by atoms with E-state index < -0.39 is 12.0 Å². The highest BCUT2D eigenvalue weighted by Gasteiger charge is 2.38. The van der Waals surface area contributed by atoms with Gasteiger partial charge in [-0.15, -0.1) is 0 Å². The molecule has 19 heavy (non-hydrogen) atoms. The summed E-state index contributed by atoms with van der Waals surface area (Å²) in [5.74, 6) is -1.09. The van der Waals surface area contributed by atoms with Crippen LogP contribution in [0.1, 0.15) is 24.2 Å². The maximum absolute atomic E-state index is 12.4. The summed E-state index contributed by atoms with van der Waals surface area (Å²) in [6.45, 7) is 1.11. The highest BCUT2D eigenvalue weighted by molar-refractivity contribution is 5.87. The van der Waals surface area contributed by atoms with Crippen LogP contribution in [0.3, 0.4) is 0 Å². The van der Waals surface area contributed by atoms with Crippen LogP contribution in [0.2, 0.25) is 0 Å². The number of aromatic amines is 1. The zero-order chi connectivity index (χ0) is 13.4. The minimum atomic E-state index is -0.972. The second-order valence-corrected chi connectivity index (χ2v) is 5.00. The molecule has 3 N–H and O–H groups in total. The van der Waals surface area contributed by atoms with Crippen LogP contribution in [0.4, 0.5) is 0 Å². The average Bonchev–Trinajstić information content (AvgIpc) is 3.06. The van der Waals surface area contributed by atoms with E-state index >= 15 is 0 Å². The first kappa shape index (κ1) is 12.2. The number of rotatable bonds is 2. The fraction of sp³-hybridized carbons (Fsp3) is 0.583. The minimum Gasteiger partial charge on any atom is -0.480 e. The lowest BCUT2D eigenvalue weighted by Gasteiger charge is -2.34. The predicted octanol–water partition coefficient (Wildman–Crippen LogP) is -0.500. The van der Waals surface area contributed by atoms with E-state index in [1.807, 2.05) is 0 Å². The van der Waals surface area contributed by atoms with Gasteiger partial charge in [0.1, 0.15) is 6.04 Å². The molecular formula is C12H16N4O3. The Balaban J connectivity index is 1.85. The molecule has 3 heterocycles. The molecule has 7 nitrogen and oxygen atoms in total. The Bertz CT molecular complexity index is 507. The van der Waals surface area contributed by atoms with E-state index in [-0.39, 0.29) is 18.4 Å². The summed E-state index contributed by atoms with van der Waals surface area (Å²) in [5.41, 5.74) is 1.58. The first-order valence-corrected chi connectivity index (χ1v) is 6.44. The van der Waals surface area contributed by atoms with Gasteiger partial charge in [0.15, 0.2) is 0 Å². The van der Waals surface area contributed by atoms with Gasteiger partial charge in [0, 0.05) is 6.42 Å². The minimum absolute atomic E-state index is 0.120. The number of nitrogens with zero attached hydrogens (tertiary/aromatic N) is 2. The molecule has 0 radical (unpaired) electrons. The van der Waals surface area contributed by atoms with Crippen LogP contribution < -0.4 is 5.32 Å². The quantitative estimate of drug-likeness (QED) is 0.669. The predicted molar refractivity (Wildman–Crippen MR) is 65.3 cm³/mol. The molecule has 1 aromatic heterocycles. The SMILES string of the molecule is O=C(O)C1Cc2nc[nH]c2CN1C(=O)[C@@H]1CCCN1. The number of carboxylic acids is 1. The topological polar surface area (TPSA) is 98.3 Å². The fourth-order valence-corrected chi connectivity index (χ4v) is 2.78. The summed E-state index contributed by atoms with van der Waals surface area (Å²) >= 11 is 0. The largest absolute Gasteiger partial charge is 0.480 e. The van der Waals surface area contributed by atoms with E-state index in [9.17, 15) is 14.7 Å². The van der Waals surface area contributed by atoms with Crippen molar-refractivity contribution in [2.24, 2.45) is 0 Å².